The normalized spacial score (nSPS) is 13.1. The molecule has 3 nitrogen and oxygen atoms in total. The van der Waals surface area contributed by atoms with Crippen molar-refractivity contribution in [2.24, 2.45) is 0 Å². The lowest BCUT2D eigenvalue weighted by Crippen LogP contribution is -2.56. The summed E-state index contributed by atoms with van der Waals surface area (Å²) in [7, 11) is 0. The molecule has 4 heterocycles. The Labute approximate surface area is 311 Å². The van der Waals surface area contributed by atoms with Crippen LogP contribution >= 0.6 is 0 Å². The quantitative estimate of drug-likeness (QED) is 0.169. The minimum Gasteiger partial charge on any atom is -0.454 e. The predicted molar refractivity (Wildman–Crippen MR) is 228 cm³/mol. The third-order valence-electron chi connectivity index (χ3n) is 12.1. The largest absolute Gasteiger partial charge is 0.454 e. The zero-order valence-electron chi connectivity index (χ0n) is 29.1. The molecule has 0 bridgehead atoms. The highest BCUT2D eigenvalue weighted by Crippen LogP contribution is 2.50. The Morgan fingerprint density at radius 3 is 2.06 bits per heavy atom. The molecular weight excluding hydrogens is 655 g/mol. The van der Waals surface area contributed by atoms with Crippen molar-refractivity contribution >= 4 is 100 Å². The van der Waals surface area contributed by atoms with E-state index in [1.165, 1.54) is 87.9 Å². The smallest absolute Gasteiger partial charge is 0.333 e. The van der Waals surface area contributed by atoms with Gasteiger partial charge in [0.2, 0.25) is 0 Å². The molecule has 0 saturated carbocycles. The fraction of sp³-hybridized carbons (Fsp3) is 0. The summed E-state index contributed by atoms with van der Waals surface area (Å²) in [6, 6.07) is 64.7. The molecule has 0 atom stereocenters. The number of benzene rings is 9. The first kappa shape index (κ1) is 28.5. The standard InChI is InChI=1S/C50H29BN2O/c1-2-12-30(13-3-1)33-24-25-41-44(28-33)52(42-22-11-20-38-36-18-8-9-23-46(36)54-50(38)42)45-29-34-16-6-7-17-35(34)47-39-21-10-19-37-40-26-31-14-4-5-15-32(31)27-43(40)53(49(37)39)51(41)48(45)47/h1-29H. The van der Waals surface area contributed by atoms with Crippen LogP contribution in [0.3, 0.4) is 0 Å². The van der Waals surface area contributed by atoms with E-state index in [0.717, 1.165) is 27.6 Å². The first-order valence-corrected chi connectivity index (χ1v) is 18.7. The van der Waals surface area contributed by atoms with Crippen LogP contribution in [-0.4, -0.2) is 11.3 Å². The van der Waals surface area contributed by atoms with Crippen molar-refractivity contribution in [2.45, 2.75) is 0 Å². The summed E-state index contributed by atoms with van der Waals surface area (Å²) < 4.78 is 9.47. The van der Waals surface area contributed by atoms with Crippen LogP contribution in [-0.2, 0) is 0 Å². The van der Waals surface area contributed by atoms with Crippen molar-refractivity contribution in [1.82, 2.24) is 4.48 Å². The lowest BCUT2D eigenvalue weighted by atomic mass is 9.44. The van der Waals surface area contributed by atoms with Gasteiger partial charge in [0.1, 0.15) is 5.58 Å². The predicted octanol–water partition coefficient (Wildman–Crippen LogP) is 12.1. The van der Waals surface area contributed by atoms with E-state index in [1.54, 1.807) is 0 Å². The molecule has 4 heteroatoms. The highest BCUT2D eigenvalue weighted by atomic mass is 16.3. The van der Waals surface area contributed by atoms with E-state index < -0.39 is 0 Å². The number of aromatic nitrogens is 1. The lowest BCUT2D eigenvalue weighted by Gasteiger charge is -2.41. The monoisotopic (exact) mass is 684 g/mol. The molecule has 2 aliphatic rings. The number of fused-ring (bicyclic) bond motifs is 13. The second-order valence-corrected chi connectivity index (χ2v) is 14.8. The molecule has 0 fully saturated rings. The first-order chi connectivity index (χ1) is 26.8. The molecule has 9 aromatic carbocycles. The third kappa shape index (κ3) is 3.62. The molecule has 0 unspecified atom stereocenters. The van der Waals surface area contributed by atoms with E-state index in [4.69, 9.17) is 4.42 Å². The highest BCUT2D eigenvalue weighted by molar-refractivity contribution is 6.90. The van der Waals surface area contributed by atoms with E-state index in [0.29, 0.717) is 0 Å². The Balaban J connectivity index is 1.23. The van der Waals surface area contributed by atoms with Gasteiger partial charge in [0.15, 0.2) is 5.58 Å². The summed E-state index contributed by atoms with van der Waals surface area (Å²) in [5.74, 6) is 0. The van der Waals surface area contributed by atoms with Gasteiger partial charge in [-0.05, 0) is 85.6 Å². The van der Waals surface area contributed by atoms with Crippen LogP contribution in [0.2, 0.25) is 0 Å². The molecule has 54 heavy (non-hydrogen) atoms. The van der Waals surface area contributed by atoms with Crippen molar-refractivity contribution in [3.05, 3.63) is 176 Å². The maximum Gasteiger partial charge on any atom is 0.333 e. The number of para-hydroxylation sites is 3. The zero-order chi connectivity index (χ0) is 35.1. The Hall–Kier alpha value is -7.04. The number of hydrogen-bond acceptors (Lipinski definition) is 2. The summed E-state index contributed by atoms with van der Waals surface area (Å²) in [5, 5.41) is 9.86. The van der Waals surface area contributed by atoms with Crippen LogP contribution in [0, 0.1) is 0 Å². The van der Waals surface area contributed by atoms with Crippen molar-refractivity contribution in [3.63, 3.8) is 0 Å². The van der Waals surface area contributed by atoms with Crippen molar-refractivity contribution in [3.8, 4) is 22.3 Å². The highest BCUT2D eigenvalue weighted by Gasteiger charge is 2.44. The van der Waals surface area contributed by atoms with Crippen LogP contribution in [0.15, 0.2) is 180 Å². The SMILES string of the molecule is c1ccc(-c2ccc3c(c2)N(c2cccc4c2oc2ccccc24)c2cc4ccccc4c4c2B3n2c3cc5ccccc5cc3c3cccc-4c32)cc1. The minimum absolute atomic E-state index is 0.0541. The van der Waals surface area contributed by atoms with E-state index in [1.807, 2.05) is 0 Å². The van der Waals surface area contributed by atoms with Gasteiger partial charge in [-0.1, -0.05) is 140 Å². The fourth-order valence-electron chi connectivity index (χ4n) is 9.85. The van der Waals surface area contributed by atoms with Crippen LogP contribution < -0.4 is 15.8 Å². The third-order valence-corrected chi connectivity index (χ3v) is 12.1. The molecule has 0 amide bonds. The topological polar surface area (TPSA) is 21.3 Å². The molecule has 11 aromatic rings. The molecule has 0 N–H and O–H groups in total. The number of anilines is 3. The Bertz CT molecular complexity index is 3410. The number of furan rings is 1. The van der Waals surface area contributed by atoms with Gasteiger partial charge in [-0.25, -0.2) is 0 Å². The van der Waals surface area contributed by atoms with Crippen LogP contribution in [0.4, 0.5) is 17.1 Å². The Morgan fingerprint density at radius 2 is 1.17 bits per heavy atom. The van der Waals surface area contributed by atoms with Gasteiger partial charge >= 0.3 is 6.85 Å². The second kappa shape index (κ2) is 10.3. The van der Waals surface area contributed by atoms with Gasteiger partial charge in [-0.3, -0.25) is 0 Å². The van der Waals surface area contributed by atoms with Gasteiger partial charge in [-0.2, -0.15) is 0 Å². The average molecular weight is 685 g/mol. The number of nitrogens with zero attached hydrogens (tertiary/aromatic N) is 2. The minimum atomic E-state index is -0.0541. The molecule has 0 spiro atoms. The van der Waals surface area contributed by atoms with Crippen LogP contribution in [0.1, 0.15) is 0 Å². The van der Waals surface area contributed by atoms with Crippen LogP contribution in [0.25, 0.3) is 87.5 Å². The van der Waals surface area contributed by atoms with Crippen molar-refractivity contribution in [1.29, 1.82) is 0 Å². The van der Waals surface area contributed by atoms with E-state index in [-0.39, 0.29) is 6.85 Å². The van der Waals surface area contributed by atoms with Gasteiger partial charge in [-0.15, -0.1) is 0 Å². The zero-order valence-corrected chi connectivity index (χ0v) is 29.1. The second-order valence-electron chi connectivity index (χ2n) is 14.8. The van der Waals surface area contributed by atoms with Gasteiger partial charge in [0.25, 0.3) is 0 Å². The molecule has 2 aromatic heterocycles. The number of rotatable bonds is 2. The van der Waals surface area contributed by atoms with Gasteiger partial charge in [0, 0.05) is 49.5 Å². The van der Waals surface area contributed by atoms with Crippen LogP contribution in [0.5, 0.6) is 0 Å². The summed E-state index contributed by atoms with van der Waals surface area (Å²) in [5.41, 5.74) is 15.3. The summed E-state index contributed by atoms with van der Waals surface area (Å²) >= 11 is 0. The maximum atomic E-state index is 6.81. The van der Waals surface area contributed by atoms with Gasteiger partial charge in [0.05, 0.1) is 5.69 Å². The molecule has 0 saturated heterocycles. The molecule has 2 aliphatic heterocycles. The molecule has 13 rings (SSSR count). The summed E-state index contributed by atoms with van der Waals surface area (Å²) in [4.78, 5) is 2.50. The van der Waals surface area contributed by atoms with Crippen molar-refractivity contribution in [2.75, 3.05) is 4.90 Å². The molecule has 0 radical (unpaired) electrons. The Morgan fingerprint density at radius 1 is 0.444 bits per heavy atom. The van der Waals surface area contributed by atoms with Gasteiger partial charge < -0.3 is 13.8 Å². The van der Waals surface area contributed by atoms with E-state index in [9.17, 15) is 0 Å². The van der Waals surface area contributed by atoms with E-state index in [2.05, 4.69) is 185 Å². The summed E-state index contributed by atoms with van der Waals surface area (Å²) in [6.45, 7) is -0.0541. The Kier molecular flexibility index (Phi) is 5.45. The summed E-state index contributed by atoms with van der Waals surface area (Å²) in [6.07, 6.45) is 0. The molecule has 0 aliphatic carbocycles. The average Bonchev–Trinajstić information content (AvgIpc) is 3.77. The molecular formula is C50H29BN2O. The lowest BCUT2D eigenvalue weighted by molar-refractivity contribution is 0.669. The molecule has 248 valence electrons. The van der Waals surface area contributed by atoms with E-state index >= 15 is 0 Å². The maximum absolute atomic E-state index is 6.81. The fourth-order valence-corrected chi connectivity index (χ4v) is 9.85. The number of hydrogen-bond donors (Lipinski definition) is 0. The van der Waals surface area contributed by atoms with Crippen molar-refractivity contribution < 1.29 is 4.42 Å². The first-order valence-electron chi connectivity index (χ1n) is 18.7.